The lowest BCUT2D eigenvalue weighted by Crippen LogP contribution is -2.36. The van der Waals surface area contributed by atoms with Crippen LogP contribution in [0.4, 0.5) is 5.69 Å². The number of anilines is 1. The molecule has 0 aliphatic carbocycles. The van der Waals surface area contributed by atoms with Crippen molar-refractivity contribution >= 4 is 17.6 Å². The van der Waals surface area contributed by atoms with Crippen molar-refractivity contribution in [2.45, 2.75) is 13.5 Å². The van der Waals surface area contributed by atoms with Gasteiger partial charge in [0, 0.05) is 17.4 Å². The molecule has 28 heavy (non-hydrogen) atoms. The van der Waals surface area contributed by atoms with Crippen LogP contribution in [0.3, 0.4) is 0 Å². The molecule has 0 atom stereocenters. The first-order valence-electron chi connectivity index (χ1n) is 8.87. The summed E-state index contributed by atoms with van der Waals surface area (Å²) in [5.74, 6) is 0.687. The summed E-state index contributed by atoms with van der Waals surface area (Å²) in [5, 5.41) is 6.00. The van der Waals surface area contributed by atoms with Gasteiger partial charge in [-0.1, -0.05) is 29.8 Å². The Balaban J connectivity index is 1.79. The number of amides is 1. The van der Waals surface area contributed by atoms with E-state index in [2.05, 4.69) is 20.6 Å². The molecule has 1 amide bonds. The van der Waals surface area contributed by atoms with Gasteiger partial charge in [0.25, 0.3) is 5.91 Å². The van der Waals surface area contributed by atoms with Gasteiger partial charge in [-0.3, -0.25) is 15.1 Å². The SMILES string of the molecule is COc1cccc(C(=O)NC(=NCc2ccccn2)Nc2ccc(C)cc2)c1. The quantitative estimate of drug-likeness (QED) is 0.526. The standard InChI is InChI=1S/C22H22N4O2/c1-16-9-11-18(12-10-16)25-22(24-15-19-7-3-4-13-23-19)26-21(27)17-6-5-8-20(14-17)28-2/h3-14H,15H2,1-2H3,(H2,24,25,26,27). The van der Waals surface area contributed by atoms with Crippen molar-refractivity contribution in [3.63, 3.8) is 0 Å². The number of methoxy groups -OCH3 is 1. The van der Waals surface area contributed by atoms with E-state index in [1.165, 1.54) is 0 Å². The molecule has 1 heterocycles. The number of hydrogen-bond donors (Lipinski definition) is 2. The number of nitrogens with one attached hydrogen (secondary N) is 2. The van der Waals surface area contributed by atoms with Crippen molar-refractivity contribution in [2.75, 3.05) is 12.4 Å². The minimum atomic E-state index is -0.279. The first-order valence-corrected chi connectivity index (χ1v) is 8.87. The third-order valence-electron chi connectivity index (χ3n) is 4.00. The van der Waals surface area contributed by atoms with E-state index in [-0.39, 0.29) is 5.91 Å². The van der Waals surface area contributed by atoms with Crippen molar-refractivity contribution in [3.05, 3.63) is 89.7 Å². The molecular formula is C22H22N4O2. The number of aliphatic imine (C=N–C) groups is 1. The second-order valence-corrected chi connectivity index (χ2v) is 6.16. The molecule has 2 N–H and O–H groups in total. The van der Waals surface area contributed by atoms with Gasteiger partial charge in [-0.05, 0) is 49.4 Å². The monoisotopic (exact) mass is 374 g/mol. The summed E-state index contributed by atoms with van der Waals surface area (Å²) in [7, 11) is 1.57. The zero-order valence-electron chi connectivity index (χ0n) is 15.8. The Bertz CT molecular complexity index is 954. The molecule has 0 fully saturated rings. The molecule has 2 aromatic carbocycles. The highest BCUT2D eigenvalue weighted by molar-refractivity contribution is 6.10. The largest absolute Gasteiger partial charge is 0.497 e. The zero-order chi connectivity index (χ0) is 19.8. The van der Waals surface area contributed by atoms with Gasteiger partial charge in [-0.15, -0.1) is 0 Å². The second kappa shape index (κ2) is 9.32. The van der Waals surface area contributed by atoms with Crippen LogP contribution in [0.15, 0.2) is 77.9 Å². The Labute approximate surface area is 164 Å². The zero-order valence-corrected chi connectivity index (χ0v) is 15.8. The number of pyridine rings is 1. The lowest BCUT2D eigenvalue weighted by molar-refractivity contribution is 0.0976. The number of nitrogens with zero attached hydrogens (tertiary/aromatic N) is 2. The topological polar surface area (TPSA) is 75.6 Å². The minimum Gasteiger partial charge on any atom is -0.497 e. The predicted octanol–water partition coefficient (Wildman–Crippen LogP) is 3.80. The van der Waals surface area contributed by atoms with E-state index in [4.69, 9.17) is 4.74 Å². The van der Waals surface area contributed by atoms with Crippen LogP contribution in [-0.2, 0) is 6.54 Å². The van der Waals surface area contributed by atoms with Crippen molar-refractivity contribution < 1.29 is 9.53 Å². The Morgan fingerprint density at radius 1 is 1.07 bits per heavy atom. The van der Waals surface area contributed by atoms with E-state index >= 15 is 0 Å². The highest BCUT2D eigenvalue weighted by atomic mass is 16.5. The van der Waals surface area contributed by atoms with Gasteiger partial charge in [0.1, 0.15) is 5.75 Å². The fourth-order valence-electron chi connectivity index (χ4n) is 2.48. The van der Waals surface area contributed by atoms with E-state index in [1.54, 1.807) is 37.6 Å². The fraction of sp³-hybridized carbons (Fsp3) is 0.136. The highest BCUT2D eigenvalue weighted by Gasteiger charge is 2.10. The molecule has 1 aromatic heterocycles. The Hall–Kier alpha value is -3.67. The van der Waals surface area contributed by atoms with Crippen molar-refractivity contribution in [1.82, 2.24) is 10.3 Å². The maximum absolute atomic E-state index is 12.7. The summed E-state index contributed by atoms with van der Waals surface area (Å²) in [4.78, 5) is 21.4. The maximum atomic E-state index is 12.7. The lowest BCUT2D eigenvalue weighted by Gasteiger charge is -2.12. The van der Waals surface area contributed by atoms with Gasteiger partial charge in [0.05, 0.1) is 19.3 Å². The Morgan fingerprint density at radius 3 is 2.61 bits per heavy atom. The van der Waals surface area contributed by atoms with Gasteiger partial charge in [-0.25, -0.2) is 4.99 Å². The molecule has 0 saturated heterocycles. The predicted molar refractivity (Wildman–Crippen MR) is 111 cm³/mol. The van der Waals surface area contributed by atoms with Crippen LogP contribution in [0.2, 0.25) is 0 Å². The average molecular weight is 374 g/mol. The maximum Gasteiger partial charge on any atom is 0.258 e. The number of rotatable bonds is 5. The number of guanidine groups is 1. The minimum absolute atomic E-state index is 0.279. The molecule has 0 spiro atoms. The number of ether oxygens (including phenoxy) is 1. The van der Waals surface area contributed by atoms with Crippen LogP contribution in [0, 0.1) is 6.92 Å². The fourth-order valence-corrected chi connectivity index (χ4v) is 2.48. The molecule has 0 aliphatic heterocycles. The summed E-state index contributed by atoms with van der Waals surface area (Å²) in [5.41, 5.74) is 3.27. The van der Waals surface area contributed by atoms with E-state index in [1.807, 2.05) is 49.4 Å². The van der Waals surface area contributed by atoms with Crippen LogP contribution < -0.4 is 15.4 Å². The van der Waals surface area contributed by atoms with Gasteiger partial charge < -0.3 is 10.1 Å². The molecule has 0 aliphatic rings. The summed E-state index contributed by atoms with van der Waals surface area (Å²) < 4.78 is 5.19. The van der Waals surface area contributed by atoms with Crippen LogP contribution >= 0.6 is 0 Å². The third kappa shape index (κ3) is 5.41. The van der Waals surface area contributed by atoms with E-state index in [9.17, 15) is 4.79 Å². The number of carbonyl (C=O) groups excluding carboxylic acids is 1. The number of hydrogen-bond acceptors (Lipinski definition) is 4. The number of carbonyl (C=O) groups is 1. The summed E-state index contributed by atoms with van der Waals surface area (Å²) in [6.45, 7) is 2.36. The van der Waals surface area contributed by atoms with E-state index < -0.39 is 0 Å². The number of aryl methyl sites for hydroxylation is 1. The van der Waals surface area contributed by atoms with Crippen LogP contribution in [-0.4, -0.2) is 24.0 Å². The summed E-state index contributed by atoms with van der Waals surface area (Å²) in [6.07, 6.45) is 1.72. The Kier molecular flexibility index (Phi) is 6.36. The first kappa shape index (κ1) is 19.1. The third-order valence-corrected chi connectivity index (χ3v) is 4.00. The average Bonchev–Trinajstić information content (AvgIpc) is 2.74. The van der Waals surface area contributed by atoms with Gasteiger partial charge >= 0.3 is 0 Å². The van der Waals surface area contributed by atoms with E-state index in [0.717, 1.165) is 16.9 Å². The number of aromatic nitrogens is 1. The molecular weight excluding hydrogens is 352 g/mol. The smallest absolute Gasteiger partial charge is 0.258 e. The molecule has 6 nitrogen and oxygen atoms in total. The van der Waals surface area contributed by atoms with Crippen LogP contribution in [0.5, 0.6) is 5.75 Å². The second-order valence-electron chi connectivity index (χ2n) is 6.16. The molecule has 0 saturated carbocycles. The van der Waals surface area contributed by atoms with Crippen LogP contribution in [0.25, 0.3) is 0 Å². The van der Waals surface area contributed by atoms with Gasteiger partial charge in [-0.2, -0.15) is 0 Å². The highest BCUT2D eigenvalue weighted by Crippen LogP contribution is 2.13. The Morgan fingerprint density at radius 2 is 1.89 bits per heavy atom. The molecule has 6 heteroatoms. The molecule has 0 bridgehead atoms. The molecule has 3 aromatic rings. The molecule has 0 radical (unpaired) electrons. The molecule has 142 valence electrons. The number of benzene rings is 2. The normalized spacial score (nSPS) is 11.0. The van der Waals surface area contributed by atoms with Crippen molar-refractivity contribution in [2.24, 2.45) is 4.99 Å². The van der Waals surface area contributed by atoms with Crippen molar-refractivity contribution in [3.8, 4) is 5.75 Å². The molecule has 0 unspecified atom stereocenters. The summed E-state index contributed by atoms with van der Waals surface area (Å²) in [6, 6.07) is 20.4. The summed E-state index contributed by atoms with van der Waals surface area (Å²) >= 11 is 0. The van der Waals surface area contributed by atoms with Crippen LogP contribution in [0.1, 0.15) is 21.6 Å². The van der Waals surface area contributed by atoms with Crippen molar-refractivity contribution in [1.29, 1.82) is 0 Å². The van der Waals surface area contributed by atoms with Gasteiger partial charge in [0.15, 0.2) is 0 Å². The molecule has 3 rings (SSSR count). The first-order chi connectivity index (χ1) is 13.6. The van der Waals surface area contributed by atoms with Gasteiger partial charge in [0.2, 0.25) is 5.96 Å². The van der Waals surface area contributed by atoms with E-state index in [0.29, 0.717) is 23.8 Å². The lowest BCUT2D eigenvalue weighted by atomic mass is 10.2.